The third-order valence-corrected chi connectivity index (χ3v) is 5.51. The molecule has 1 N–H and O–H groups in total. The molecule has 0 aromatic heterocycles. The smallest absolute Gasteiger partial charge is 0.355 e. The summed E-state index contributed by atoms with van der Waals surface area (Å²) in [6.45, 7) is -0.426. The number of ether oxygens (including phenoxy) is 1. The highest BCUT2D eigenvalue weighted by Crippen LogP contribution is 2.29. The van der Waals surface area contributed by atoms with Crippen LogP contribution in [0.2, 0.25) is 0 Å². The number of esters is 1. The fourth-order valence-corrected chi connectivity index (χ4v) is 3.55. The molecule has 2 aromatic rings. The maximum Gasteiger partial charge on any atom is 0.355 e. The normalized spacial score (nSPS) is 13.7. The van der Waals surface area contributed by atoms with Gasteiger partial charge in [0, 0.05) is 39.8 Å². The van der Waals surface area contributed by atoms with Crippen LogP contribution in [0.1, 0.15) is 12.8 Å². The summed E-state index contributed by atoms with van der Waals surface area (Å²) in [6.07, 6.45) is 0.405. The van der Waals surface area contributed by atoms with Gasteiger partial charge in [0.15, 0.2) is 6.61 Å². The van der Waals surface area contributed by atoms with Gasteiger partial charge in [-0.3, -0.25) is 9.59 Å². The molecule has 1 aliphatic rings. The maximum absolute atomic E-state index is 12.0. The topological polar surface area (TPSA) is 88.1 Å². The fourth-order valence-electron chi connectivity index (χ4n) is 2.47. The number of carbonyl (C=O) groups excluding carboxylic acids is 3. The summed E-state index contributed by atoms with van der Waals surface area (Å²) in [7, 11) is 1.47. The summed E-state index contributed by atoms with van der Waals surface area (Å²) >= 11 is 5.02. The summed E-state index contributed by atoms with van der Waals surface area (Å²) < 4.78 is 6.01. The molecule has 0 saturated carbocycles. The Morgan fingerprint density at radius 1 is 1.10 bits per heavy atom. The van der Waals surface area contributed by atoms with Crippen molar-refractivity contribution in [3.63, 3.8) is 0 Å². The highest BCUT2D eigenvalue weighted by Gasteiger charge is 2.23. The third-order valence-electron chi connectivity index (χ3n) is 3.96. The molecule has 0 atom stereocenters. The molecule has 0 fully saturated rings. The summed E-state index contributed by atoms with van der Waals surface area (Å²) in [4.78, 5) is 37.5. The van der Waals surface area contributed by atoms with Crippen LogP contribution in [0.5, 0.6) is 0 Å². The van der Waals surface area contributed by atoms with E-state index < -0.39 is 18.5 Å². The number of benzene rings is 2. The van der Waals surface area contributed by atoms with E-state index in [9.17, 15) is 14.4 Å². The Morgan fingerprint density at radius 2 is 1.72 bits per heavy atom. The molecule has 150 valence electrons. The molecule has 0 radical (unpaired) electrons. The first-order valence-electron chi connectivity index (χ1n) is 8.75. The molecule has 0 saturated heterocycles. The van der Waals surface area contributed by atoms with Gasteiger partial charge in [0.1, 0.15) is 5.71 Å². The Hall–Kier alpha value is -2.65. The van der Waals surface area contributed by atoms with Gasteiger partial charge in [0.25, 0.3) is 5.91 Å². The third kappa shape index (κ3) is 6.16. The zero-order valence-corrected chi connectivity index (χ0v) is 18.0. The summed E-state index contributed by atoms with van der Waals surface area (Å²) in [5.74, 6) is -1.31. The van der Waals surface area contributed by atoms with Crippen molar-refractivity contribution in [2.75, 3.05) is 19.0 Å². The summed E-state index contributed by atoms with van der Waals surface area (Å²) in [6, 6.07) is 15.4. The average Bonchev–Trinajstić information content (AvgIpc) is 2.71. The van der Waals surface area contributed by atoms with Crippen LogP contribution in [0, 0.1) is 0 Å². The second-order valence-corrected chi connectivity index (χ2v) is 8.23. The van der Waals surface area contributed by atoms with Gasteiger partial charge in [0.2, 0.25) is 5.91 Å². The lowest BCUT2D eigenvalue weighted by Crippen LogP contribution is -2.33. The lowest BCUT2D eigenvalue weighted by molar-refractivity contribution is -0.141. The molecular formula is C20H18BrN3O4S. The van der Waals surface area contributed by atoms with E-state index in [0.717, 1.165) is 19.3 Å². The van der Waals surface area contributed by atoms with Crippen molar-refractivity contribution in [3.05, 3.63) is 53.0 Å². The molecule has 1 aliphatic heterocycles. The molecule has 2 aromatic carbocycles. The molecule has 3 rings (SSSR count). The Kier molecular flexibility index (Phi) is 7.05. The van der Waals surface area contributed by atoms with Gasteiger partial charge in [-0.15, -0.1) is 0 Å². The predicted octanol–water partition coefficient (Wildman–Crippen LogP) is 3.69. The van der Waals surface area contributed by atoms with Gasteiger partial charge >= 0.3 is 5.97 Å². The number of halogens is 1. The van der Waals surface area contributed by atoms with E-state index in [1.165, 1.54) is 7.05 Å². The van der Waals surface area contributed by atoms with Crippen LogP contribution in [-0.4, -0.2) is 42.2 Å². The first kappa shape index (κ1) is 21.1. The molecule has 9 heteroatoms. The number of hydrogen-bond donors (Lipinski definition) is 1. The van der Waals surface area contributed by atoms with Gasteiger partial charge in [0.05, 0.1) is 0 Å². The van der Waals surface area contributed by atoms with Crippen molar-refractivity contribution in [3.8, 4) is 0 Å². The molecule has 29 heavy (non-hydrogen) atoms. The number of anilines is 1. The zero-order valence-electron chi connectivity index (χ0n) is 15.6. The minimum atomic E-state index is -0.694. The van der Waals surface area contributed by atoms with E-state index in [0.29, 0.717) is 5.69 Å². The van der Waals surface area contributed by atoms with E-state index in [1.54, 1.807) is 23.9 Å². The van der Waals surface area contributed by atoms with Gasteiger partial charge in [-0.25, -0.2) is 9.80 Å². The summed E-state index contributed by atoms with van der Waals surface area (Å²) in [5.41, 5.74) is 0.737. The predicted molar refractivity (Wildman–Crippen MR) is 114 cm³/mol. The molecule has 0 bridgehead atoms. The molecule has 7 nitrogen and oxygen atoms in total. The Bertz CT molecular complexity index is 945. The van der Waals surface area contributed by atoms with Crippen LogP contribution < -0.4 is 5.32 Å². The highest BCUT2D eigenvalue weighted by atomic mass is 79.9. The first-order valence-corrected chi connectivity index (χ1v) is 10.4. The molecule has 1 heterocycles. The van der Waals surface area contributed by atoms with Crippen LogP contribution in [-0.2, 0) is 19.1 Å². The van der Waals surface area contributed by atoms with E-state index >= 15 is 0 Å². The van der Waals surface area contributed by atoms with Crippen molar-refractivity contribution >= 4 is 56.9 Å². The lowest BCUT2D eigenvalue weighted by atomic mass is 10.2. The fraction of sp³-hybridized carbons (Fsp3) is 0.200. The van der Waals surface area contributed by atoms with E-state index in [1.807, 2.05) is 36.4 Å². The van der Waals surface area contributed by atoms with E-state index in [2.05, 4.69) is 26.3 Å². The van der Waals surface area contributed by atoms with Crippen LogP contribution in [0.4, 0.5) is 5.69 Å². The van der Waals surface area contributed by atoms with E-state index in [-0.39, 0.29) is 24.5 Å². The van der Waals surface area contributed by atoms with Gasteiger partial charge in [-0.2, -0.15) is 5.10 Å². The first-order chi connectivity index (χ1) is 13.9. The number of nitrogens with zero attached hydrogens (tertiary/aromatic N) is 2. The SMILES string of the molecule is CN1N=C(C(=O)OCC(=O)Nc2ccc(Sc3ccc(Br)cc3)cc2)CCC1=O. The standard InChI is InChI=1S/C20H18BrN3O4S/c1-24-19(26)11-10-17(23-24)20(27)28-12-18(25)22-14-4-8-16(9-5-14)29-15-6-2-13(21)3-7-15/h2-9H,10-12H2,1H3,(H,22,25). The monoisotopic (exact) mass is 475 g/mol. The molecule has 0 spiro atoms. The molecular weight excluding hydrogens is 458 g/mol. The van der Waals surface area contributed by atoms with E-state index in [4.69, 9.17) is 4.74 Å². The van der Waals surface area contributed by atoms with Gasteiger partial charge in [-0.05, 0) is 48.5 Å². The number of nitrogens with one attached hydrogen (secondary N) is 1. The van der Waals surface area contributed by atoms with Crippen molar-refractivity contribution in [2.24, 2.45) is 5.10 Å². The Labute approximate surface area is 180 Å². The highest BCUT2D eigenvalue weighted by molar-refractivity contribution is 9.10. The van der Waals surface area contributed by atoms with Crippen LogP contribution in [0.25, 0.3) is 0 Å². The maximum atomic E-state index is 12.0. The van der Waals surface area contributed by atoms with Crippen LogP contribution in [0.3, 0.4) is 0 Å². The largest absolute Gasteiger partial charge is 0.451 e. The molecule has 2 amide bonds. The van der Waals surface area contributed by atoms with Crippen molar-refractivity contribution in [2.45, 2.75) is 22.6 Å². The summed E-state index contributed by atoms with van der Waals surface area (Å²) in [5, 5.41) is 7.65. The van der Waals surface area contributed by atoms with Gasteiger partial charge in [-0.1, -0.05) is 27.7 Å². The second-order valence-electron chi connectivity index (χ2n) is 6.17. The lowest BCUT2D eigenvalue weighted by Gasteiger charge is -2.18. The minimum Gasteiger partial charge on any atom is -0.451 e. The zero-order chi connectivity index (χ0) is 20.8. The number of hydrogen-bond acceptors (Lipinski definition) is 6. The van der Waals surface area contributed by atoms with Crippen LogP contribution in [0.15, 0.2) is 67.9 Å². The Morgan fingerprint density at radius 3 is 2.34 bits per heavy atom. The number of amides is 2. The van der Waals surface area contributed by atoms with Crippen LogP contribution >= 0.6 is 27.7 Å². The van der Waals surface area contributed by atoms with Crippen molar-refractivity contribution in [1.82, 2.24) is 5.01 Å². The Balaban J connectivity index is 1.48. The minimum absolute atomic E-state index is 0.134. The quantitative estimate of drug-likeness (QED) is 0.643. The second kappa shape index (κ2) is 9.71. The van der Waals surface area contributed by atoms with Crippen molar-refractivity contribution < 1.29 is 19.1 Å². The van der Waals surface area contributed by atoms with Gasteiger partial charge < -0.3 is 10.1 Å². The molecule has 0 unspecified atom stereocenters. The number of hydrazone groups is 1. The molecule has 0 aliphatic carbocycles. The van der Waals surface area contributed by atoms with Crippen molar-refractivity contribution in [1.29, 1.82) is 0 Å². The number of carbonyl (C=O) groups is 3. The average molecular weight is 476 g/mol. The number of rotatable bonds is 6.